The van der Waals surface area contributed by atoms with E-state index in [1.807, 2.05) is 0 Å². The van der Waals surface area contributed by atoms with E-state index in [2.05, 4.69) is 15.5 Å². The molecule has 0 aliphatic rings. The van der Waals surface area contributed by atoms with Gasteiger partial charge in [0.25, 0.3) is 0 Å². The highest BCUT2D eigenvalue weighted by Gasteiger charge is 2.38. The van der Waals surface area contributed by atoms with Gasteiger partial charge < -0.3 is 15.3 Å². The number of aliphatic carboxylic acids is 1. The van der Waals surface area contributed by atoms with Gasteiger partial charge in [-0.25, -0.2) is 4.39 Å². The second kappa shape index (κ2) is 9.52. The molecule has 10 nitrogen and oxygen atoms in total. The highest BCUT2D eigenvalue weighted by Crippen LogP contribution is 2.40. The van der Waals surface area contributed by atoms with Crippen molar-refractivity contribution in [2.45, 2.75) is 12.7 Å². The summed E-state index contributed by atoms with van der Waals surface area (Å²) in [5, 5.41) is 18.5. The number of fused-ring (bicyclic) bond motifs is 2. The van der Waals surface area contributed by atoms with E-state index in [9.17, 15) is 27.6 Å². The number of amides is 2. The maximum atomic E-state index is 15.0. The number of nitrogens with zero attached hydrogens (tertiary/aromatic N) is 5. The Kier molecular flexibility index (Phi) is 6.59. The summed E-state index contributed by atoms with van der Waals surface area (Å²) in [5.74, 6) is -3.55. The van der Waals surface area contributed by atoms with E-state index in [1.165, 1.54) is 48.3 Å². The lowest BCUT2D eigenvalue weighted by Gasteiger charge is -2.16. The zero-order valence-electron chi connectivity index (χ0n) is 19.5. The smallest absolute Gasteiger partial charge is 0.435 e. The number of carboxylic acids is 1. The van der Waals surface area contributed by atoms with Crippen LogP contribution in [0, 0.1) is 5.82 Å². The zero-order valence-corrected chi connectivity index (χ0v) is 19.5. The van der Waals surface area contributed by atoms with Crippen molar-refractivity contribution in [3.05, 3.63) is 48.0 Å². The molecule has 0 saturated carbocycles. The van der Waals surface area contributed by atoms with E-state index in [0.29, 0.717) is 10.9 Å². The molecule has 0 saturated heterocycles. The Morgan fingerprint density at radius 3 is 2.54 bits per heavy atom. The number of halogens is 4. The highest BCUT2D eigenvalue weighted by atomic mass is 19.4. The molecule has 2 aromatic carbocycles. The summed E-state index contributed by atoms with van der Waals surface area (Å²) in [6.07, 6.45) is -3.48. The summed E-state index contributed by atoms with van der Waals surface area (Å²) in [7, 11) is 2.86. The Hall–Kier alpha value is -4.49. The van der Waals surface area contributed by atoms with Crippen LogP contribution >= 0.6 is 0 Å². The summed E-state index contributed by atoms with van der Waals surface area (Å²) >= 11 is 0. The molecule has 0 radical (unpaired) electrons. The Balaban J connectivity index is 1.75. The predicted octanol–water partition coefficient (Wildman–Crippen LogP) is 2.41. The summed E-state index contributed by atoms with van der Waals surface area (Å²) in [6, 6.07) is 6.68. The SMILES string of the molecule is CN(CC(=O)NCC(=O)O)C(=O)Cn1nc(C(F)(F)F)c2c(-c3cc4c(cnn4C)cc3F)cccc21. The van der Waals surface area contributed by atoms with Crippen molar-refractivity contribution >= 4 is 39.6 Å². The molecular formula is C23H20F4N6O4. The van der Waals surface area contributed by atoms with Gasteiger partial charge in [0, 0.05) is 30.4 Å². The largest absolute Gasteiger partial charge is 0.480 e. The van der Waals surface area contributed by atoms with Crippen LogP contribution in [0.15, 0.2) is 36.5 Å². The molecule has 0 fully saturated rings. The number of likely N-dealkylation sites (N-methyl/N-ethyl adjacent to an activating group) is 1. The van der Waals surface area contributed by atoms with E-state index < -0.39 is 55.1 Å². The number of alkyl halides is 3. The molecular weight excluding hydrogens is 500 g/mol. The number of carboxylic acid groups (broad SMARTS) is 1. The van der Waals surface area contributed by atoms with Gasteiger partial charge in [-0.1, -0.05) is 12.1 Å². The second-order valence-electron chi connectivity index (χ2n) is 8.28. The Bertz CT molecular complexity index is 1540. The Labute approximate surface area is 206 Å². The van der Waals surface area contributed by atoms with Crippen molar-refractivity contribution < 1.29 is 37.1 Å². The van der Waals surface area contributed by atoms with E-state index in [4.69, 9.17) is 5.11 Å². The van der Waals surface area contributed by atoms with Crippen molar-refractivity contribution in [1.82, 2.24) is 29.8 Å². The fourth-order valence-electron chi connectivity index (χ4n) is 3.93. The summed E-state index contributed by atoms with van der Waals surface area (Å²) in [6.45, 7) is -1.82. The molecule has 0 spiro atoms. The van der Waals surface area contributed by atoms with Crippen LogP contribution in [0.2, 0.25) is 0 Å². The molecule has 0 unspecified atom stereocenters. The zero-order chi connectivity index (χ0) is 27.1. The fourth-order valence-corrected chi connectivity index (χ4v) is 3.93. The van der Waals surface area contributed by atoms with Crippen LogP contribution in [0.1, 0.15) is 5.69 Å². The van der Waals surface area contributed by atoms with E-state index in [0.717, 1.165) is 9.58 Å². The van der Waals surface area contributed by atoms with Crippen LogP contribution in [-0.2, 0) is 34.2 Å². The molecule has 37 heavy (non-hydrogen) atoms. The number of hydrogen-bond donors (Lipinski definition) is 2. The number of benzene rings is 2. The third kappa shape index (κ3) is 5.08. The minimum Gasteiger partial charge on any atom is -0.480 e. The monoisotopic (exact) mass is 520 g/mol. The van der Waals surface area contributed by atoms with Gasteiger partial charge >= 0.3 is 12.1 Å². The first kappa shape index (κ1) is 25.6. The number of hydrogen-bond acceptors (Lipinski definition) is 5. The molecule has 2 aromatic heterocycles. The van der Waals surface area contributed by atoms with Crippen LogP contribution in [-0.4, -0.2) is 67.5 Å². The quantitative estimate of drug-likeness (QED) is 0.361. The van der Waals surface area contributed by atoms with Crippen LogP contribution in [0.5, 0.6) is 0 Å². The Morgan fingerprint density at radius 2 is 1.86 bits per heavy atom. The topological polar surface area (TPSA) is 122 Å². The number of aromatic nitrogens is 4. The first-order valence-electron chi connectivity index (χ1n) is 10.8. The van der Waals surface area contributed by atoms with Crippen LogP contribution < -0.4 is 5.32 Å². The molecule has 2 N–H and O–H groups in total. The lowest BCUT2D eigenvalue weighted by molar-refractivity contribution is -0.141. The van der Waals surface area contributed by atoms with Crippen molar-refractivity contribution in [3.8, 4) is 11.1 Å². The van der Waals surface area contributed by atoms with Gasteiger partial charge in [0.2, 0.25) is 11.8 Å². The van der Waals surface area contributed by atoms with Crippen molar-refractivity contribution in [3.63, 3.8) is 0 Å². The first-order chi connectivity index (χ1) is 17.4. The number of rotatable bonds is 7. The van der Waals surface area contributed by atoms with Crippen LogP contribution in [0.4, 0.5) is 17.6 Å². The van der Waals surface area contributed by atoms with E-state index in [-0.39, 0.29) is 22.0 Å². The molecule has 194 valence electrons. The second-order valence-corrected chi connectivity index (χ2v) is 8.28. The van der Waals surface area contributed by atoms with Crippen molar-refractivity contribution in [2.24, 2.45) is 7.05 Å². The standard InChI is InChI=1S/C23H20F4N6O4/c1-31(10-18(34)28-9-20(36)37)19(35)11-33-16-5-3-4-13(21(16)22(30-33)23(25,26)27)14-7-17-12(6-15(14)24)8-29-32(17)2/h3-8H,9-11H2,1-2H3,(H,28,34)(H,36,37). The molecule has 0 aliphatic heterocycles. The van der Waals surface area contributed by atoms with Gasteiger partial charge in [-0.15, -0.1) is 0 Å². The average Bonchev–Trinajstić information content (AvgIpc) is 3.37. The maximum Gasteiger partial charge on any atom is 0.435 e. The van der Waals surface area contributed by atoms with Crippen LogP contribution in [0.3, 0.4) is 0 Å². The summed E-state index contributed by atoms with van der Waals surface area (Å²) in [4.78, 5) is 36.0. The fraction of sp³-hybridized carbons (Fsp3) is 0.261. The molecule has 0 atom stereocenters. The minimum atomic E-state index is -4.92. The van der Waals surface area contributed by atoms with Gasteiger partial charge in [0.15, 0.2) is 5.69 Å². The molecule has 4 rings (SSSR count). The molecule has 4 aromatic rings. The lowest BCUT2D eigenvalue weighted by atomic mass is 9.98. The number of carbonyl (C=O) groups excluding carboxylic acids is 2. The summed E-state index contributed by atoms with van der Waals surface area (Å²) < 4.78 is 59.5. The molecule has 0 aliphatic carbocycles. The number of nitrogens with one attached hydrogen (secondary N) is 1. The van der Waals surface area contributed by atoms with Crippen molar-refractivity contribution in [1.29, 1.82) is 0 Å². The predicted molar refractivity (Wildman–Crippen MR) is 123 cm³/mol. The highest BCUT2D eigenvalue weighted by molar-refractivity contribution is 6.00. The third-order valence-electron chi connectivity index (χ3n) is 5.70. The molecule has 0 bridgehead atoms. The molecule has 2 heterocycles. The van der Waals surface area contributed by atoms with E-state index in [1.54, 1.807) is 7.05 Å². The Morgan fingerprint density at radius 1 is 1.14 bits per heavy atom. The minimum absolute atomic E-state index is 0.0635. The average molecular weight is 520 g/mol. The van der Waals surface area contributed by atoms with Crippen LogP contribution in [0.25, 0.3) is 32.9 Å². The van der Waals surface area contributed by atoms with Crippen molar-refractivity contribution in [2.75, 3.05) is 20.1 Å². The first-order valence-corrected chi connectivity index (χ1v) is 10.8. The van der Waals surface area contributed by atoms with Gasteiger partial charge in [-0.3, -0.25) is 23.7 Å². The number of aryl methyl sites for hydroxylation is 1. The normalized spacial score (nSPS) is 11.7. The van der Waals surface area contributed by atoms with Gasteiger partial charge in [0.05, 0.1) is 23.8 Å². The number of carbonyl (C=O) groups is 3. The molecule has 2 amide bonds. The van der Waals surface area contributed by atoms with Gasteiger partial charge in [-0.05, 0) is 23.8 Å². The lowest BCUT2D eigenvalue weighted by Crippen LogP contribution is -2.41. The maximum absolute atomic E-state index is 15.0. The van der Waals surface area contributed by atoms with Gasteiger partial charge in [0.1, 0.15) is 18.9 Å². The van der Waals surface area contributed by atoms with E-state index >= 15 is 4.39 Å². The van der Waals surface area contributed by atoms with Gasteiger partial charge in [-0.2, -0.15) is 23.4 Å². The summed E-state index contributed by atoms with van der Waals surface area (Å²) in [5.41, 5.74) is -1.01. The molecule has 14 heteroatoms. The third-order valence-corrected chi connectivity index (χ3v) is 5.70.